The molecular weight excluding hydrogens is 645 g/mol. The van der Waals surface area contributed by atoms with Crippen LogP contribution in [0.4, 0.5) is 0 Å². The minimum Gasteiger partial charge on any atom is -0.458 e. The number of nitrogens with zero attached hydrogens (tertiary/aromatic N) is 1. The minimum atomic E-state index is -0.430. The Hall–Kier alpha value is -6.78. The highest BCUT2D eigenvalue weighted by Gasteiger charge is 2.54. The van der Waals surface area contributed by atoms with Gasteiger partial charge in [0.1, 0.15) is 22.7 Å². The average molecular weight is 672 g/mol. The van der Waals surface area contributed by atoms with E-state index in [1.54, 1.807) is 0 Å². The molecule has 53 heavy (non-hydrogen) atoms. The van der Waals surface area contributed by atoms with Crippen LogP contribution in [0.1, 0.15) is 22.3 Å². The fourth-order valence-corrected chi connectivity index (χ4v) is 11.0. The highest BCUT2D eigenvalue weighted by Crippen LogP contribution is 2.64. The van der Waals surface area contributed by atoms with Gasteiger partial charge < -0.3 is 13.7 Å². The zero-order valence-electron chi connectivity index (χ0n) is 28.4. The van der Waals surface area contributed by atoms with E-state index >= 15 is 0 Å². The molecule has 0 saturated carbocycles. The van der Waals surface area contributed by atoms with Gasteiger partial charge in [-0.1, -0.05) is 133 Å². The van der Waals surface area contributed by atoms with Crippen molar-refractivity contribution in [3.8, 4) is 39.4 Å². The summed E-state index contributed by atoms with van der Waals surface area (Å²) in [7, 11) is 0. The van der Waals surface area contributed by atoms with E-state index in [0.717, 1.165) is 33.4 Å². The zero-order chi connectivity index (χ0) is 34.2. The van der Waals surface area contributed by atoms with Gasteiger partial charge in [0.15, 0.2) is 0 Å². The summed E-state index contributed by atoms with van der Waals surface area (Å²) in [6.45, 7) is -0.0283. The predicted octanol–water partition coefficient (Wildman–Crippen LogP) is 9.96. The molecule has 0 unspecified atom stereocenters. The quantitative estimate of drug-likeness (QED) is 0.150. The number of furan rings is 1. The lowest BCUT2D eigenvalue weighted by atomic mass is 9.34. The van der Waals surface area contributed by atoms with Crippen molar-refractivity contribution in [2.45, 2.75) is 5.41 Å². The largest absolute Gasteiger partial charge is 0.458 e. The molecule has 0 bridgehead atoms. The van der Waals surface area contributed by atoms with Crippen LogP contribution in [-0.4, -0.2) is 11.3 Å². The SMILES string of the molecule is c1ccc2c(c1)-c1ccccc1C21c2ccccc2-c2c1ccc1c2Oc2cccc3c2B1c1cc2c4ccccc4oc2c2c4ccccc4n-3c12. The van der Waals surface area contributed by atoms with Crippen molar-refractivity contribution in [3.63, 3.8) is 0 Å². The molecule has 0 atom stereocenters. The van der Waals surface area contributed by atoms with E-state index in [9.17, 15) is 0 Å². The number of aromatic nitrogens is 1. The van der Waals surface area contributed by atoms with Gasteiger partial charge in [-0.3, -0.25) is 0 Å². The van der Waals surface area contributed by atoms with Crippen LogP contribution >= 0.6 is 0 Å². The maximum Gasteiger partial charge on any atom is 0.256 e. The number of para-hydroxylation sites is 2. The van der Waals surface area contributed by atoms with Crippen molar-refractivity contribution in [1.82, 2.24) is 4.57 Å². The first-order chi connectivity index (χ1) is 26.3. The van der Waals surface area contributed by atoms with Crippen molar-refractivity contribution in [3.05, 3.63) is 180 Å². The average Bonchev–Trinajstić information content (AvgIpc) is 3.94. The summed E-state index contributed by atoms with van der Waals surface area (Å²) in [5.41, 5.74) is 19.1. The summed E-state index contributed by atoms with van der Waals surface area (Å²) >= 11 is 0. The van der Waals surface area contributed by atoms with Gasteiger partial charge in [-0.05, 0) is 79.6 Å². The van der Waals surface area contributed by atoms with Gasteiger partial charge in [-0.15, -0.1) is 0 Å². The standard InChI is InChI=1S/C49H26BNO2/c1-6-17-33-27(12-1)28-13-2-7-18-34(28)49(33)35-19-8-3-15-30(35)43-36(49)24-25-37-48(43)53-42-23-11-21-40-45(42)50(37)38-26-32-29-14-5-10-22-41(29)52-47(32)44-31-16-4-9-20-39(31)51(40)46(38)44/h1-26H. The Balaban J connectivity index is 1.14. The Morgan fingerprint density at radius 1 is 0.528 bits per heavy atom. The molecule has 0 fully saturated rings. The lowest BCUT2D eigenvalue weighted by Crippen LogP contribution is -2.58. The molecule has 4 heteroatoms. The molecule has 0 saturated heterocycles. The van der Waals surface area contributed by atoms with E-state index in [1.165, 1.54) is 88.4 Å². The van der Waals surface area contributed by atoms with Crippen LogP contribution in [-0.2, 0) is 5.41 Å². The third-order valence-electron chi connectivity index (χ3n) is 12.9. The summed E-state index contributed by atoms with van der Waals surface area (Å²) < 4.78 is 16.5. The first-order valence-electron chi connectivity index (χ1n) is 18.5. The topological polar surface area (TPSA) is 27.3 Å². The van der Waals surface area contributed by atoms with E-state index in [4.69, 9.17) is 9.15 Å². The second-order valence-electron chi connectivity index (χ2n) is 15.0. The van der Waals surface area contributed by atoms with Crippen LogP contribution in [0, 0.1) is 0 Å². The summed E-state index contributed by atoms with van der Waals surface area (Å²) in [5, 5.41) is 4.68. The second-order valence-corrected chi connectivity index (χ2v) is 15.0. The summed E-state index contributed by atoms with van der Waals surface area (Å²) in [6, 6.07) is 58.1. The zero-order valence-corrected chi connectivity index (χ0v) is 28.4. The highest BCUT2D eigenvalue weighted by atomic mass is 16.5. The Labute approximate surface area is 304 Å². The third-order valence-corrected chi connectivity index (χ3v) is 12.9. The molecule has 242 valence electrons. The summed E-state index contributed by atoms with van der Waals surface area (Å²) in [6.07, 6.45) is 0. The van der Waals surface area contributed by atoms with E-state index in [2.05, 4.69) is 162 Å². The maximum atomic E-state index is 7.31. The smallest absolute Gasteiger partial charge is 0.256 e. The lowest BCUT2D eigenvalue weighted by molar-refractivity contribution is 0.488. The number of fused-ring (bicyclic) bond motifs is 22. The maximum absolute atomic E-state index is 7.31. The second kappa shape index (κ2) is 8.98. The van der Waals surface area contributed by atoms with Crippen LogP contribution < -0.4 is 21.1 Å². The number of hydrogen-bond donors (Lipinski definition) is 0. The molecule has 10 aromatic rings. The monoisotopic (exact) mass is 671 g/mol. The van der Waals surface area contributed by atoms with Crippen LogP contribution in [0.25, 0.3) is 71.7 Å². The van der Waals surface area contributed by atoms with Crippen LogP contribution in [0.3, 0.4) is 0 Å². The van der Waals surface area contributed by atoms with Crippen molar-refractivity contribution in [1.29, 1.82) is 0 Å². The minimum absolute atomic E-state index is 0.0283. The van der Waals surface area contributed by atoms with Gasteiger partial charge in [-0.25, -0.2) is 0 Å². The molecule has 8 aromatic carbocycles. The molecule has 4 aliphatic rings. The van der Waals surface area contributed by atoms with Crippen molar-refractivity contribution in [2.24, 2.45) is 0 Å². The van der Waals surface area contributed by atoms with Gasteiger partial charge in [0, 0.05) is 27.4 Å². The van der Waals surface area contributed by atoms with Gasteiger partial charge in [-0.2, -0.15) is 0 Å². The molecule has 2 aliphatic carbocycles. The van der Waals surface area contributed by atoms with Gasteiger partial charge in [0.2, 0.25) is 0 Å². The molecule has 1 spiro atoms. The molecular formula is C49H26BNO2. The van der Waals surface area contributed by atoms with Crippen LogP contribution in [0.5, 0.6) is 11.5 Å². The normalized spacial score (nSPS) is 14.7. The first-order valence-corrected chi connectivity index (χ1v) is 18.5. The van der Waals surface area contributed by atoms with Gasteiger partial charge in [0.05, 0.1) is 21.8 Å². The molecule has 3 nitrogen and oxygen atoms in total. The lowest BCUT2D eigenvalue weighted by Gasteiger charge is -2.35. The van der Waals surface area contributed by atoms with Crippen molar-refractivity contribution >= 4 is 66.8 Å². The van der Waals surface area contributed by atoms with Gasteiger partial charge >= 0.3 is 0 Å². The molecule has 0 N–H and O–H groups in total. The van der Waals surface area contributed by atoms with E-state index in [0.29, 0.717) is 0 Å². The molecule has 0 amide bonds. The molecule has 2 aliphatic heterocycles. The first kappa shape index (κ1) is 27.0. The van der Waals surface area contributed by atoms with Crippen LogP contribution in [0.2, 0.25) is 0 Å². The molecule has 4 heterocycles. The molecule has 0 radical (unpaired) electrons. The highest BCUT2D eigenvalue weighted by molar-refractivity contribution is 6.99. The number of hydrogen-bond acceptors (Lipinski definition) is 2. The Kier molecular flexibility index (Phi) is 4.57. The number of ether oxygens (including phenoxy) is 1. The molecule has 14 rings (SSSR count). The van der Waals surface area contributed by atoms with E-state index in [-0.39, 0.29) is 6.71 Å². The van der Waals surface area contributed by atoms with E-state index in [1.807, 2.05) is 0 Å². The number of rotatable bonds is 0. The van der Waals surface area contributed by atoms with Crippen molar-refractivity contribution < 1.29 is 9.15 Å². The predicted molar refractivity (Wildman–Crippen MR) is 216 cm³/mol. The van der Waals surface area contributed by atoms with Crippen molar-refractivity contribution in [2.75, 3.05) is 0 Å². The number of benzene rings is 8. The molecule has 2 aromatic heterocycles. The fourth-order valence-electron chi connectivity index (χ4n) is 11.0. The Morgan fingerprint density at radius 2 is 1.21 bits per heavy atom. The fraction of sp³-hybridized carbons (Fsp3) is 0.0204. The Morgan fingerprint density at radius 3 is 2.02 bits per heavy atom. The Bertz CT molecular complexity index is 3300. The third kappa shape index (κ3) is 2.88. The summed E-state index contributed by atoms with van der Waals surface area (Å²) in [5.74, 6) is 1.89. The van der Waals surface area contributed by atoms with E-state index < -0.39 is 5.41 Å². The summed E-state index contributed by atoms with van der Waals surface area (Å²) in [4.78, 5) is 0. The van der Waals surface area contributed by atoms with Crippen LogP contribution in [0.15, 0.2) is 162 Å². The van der Waals surface area contributed by atoms with Gasteiger partial charge in [0.25, 0.3) is 6.71 Å².